The van der Waals surface area contributed by atoms with Crippen molar-refractivity contribution in [1.29, 1.82) is 0 Å². The Morgan fingerprint density at radius 1 is 1.23 bits per heavy atom. The minimum atomic E-state index is -1.14. The first-order valence-electron chi connectivity index (χ1n) is 8.12. The van der Waals surface area contributed by atoms with Gasteiger partial charge in [-0.25, -0.2) is 9.59 Å². The number of hydrogen-bond acceptors (Lipinski definition) is 7. The second kappa shape index (κ2) is 9.02. The lowest BCUT2D eigenvalue weighted by atomic mass is 10.1. The number of hydroxylamine groups is 2. The molecule has 11 nitrogen and oxygen atoms in total. The van der Waals surface area contributed by atoms with Crippen LogP contribution in [0.15, 0.2) is 4.99 Å². The maximum atomic E-state index is 12.3. The van der Waals surface area contributed by atoms with E-state index in [-0.39, 0.29) is 31.8 Å². The lowest BCUT2D eigenvalue weighted by Crippen LogP contribution is -2.47. The van der Waals surface area contributed by atoms with Crippen LogP contribution in [0.25, 0.3) is 0 Å². The van der Waals surface area contributed by atoms with Crippen molar-refractivity contribution < 1.29 is 28.8 Å². The van der Waals surface area contributed by atoms with Gasteiger partial charge in [0.15, 0.2) is 5.96 Å². The standard InChI is InChI=1S/C15H25N5O6/c1-15(2,3)25-14(24)19-9(5-4-8-18-13(16)17)12(23)26-20-10(21)6-7-11(20)22/h9H,4-8H2,1-3H3,(H,19,24)(H4,16,17,18). The van der Waals surface area contributed by atoms with E-state index in [1.807, 2.05) is 0 Å². The third-order valence-corrected chi connectivity index (χ3v) is 3.11. The molecule has 1 aliphatic heterocycles. The minimum Gasteiger partial charge on any atom is -0.444 e. The number of hydrogen-bond donors (Lipinski definition) is 3. The van der Waals surface area contributed by atoms with Gasteiger partial charge in [0.05, 0.1) is 0 Å². The van der Waals surface area contributed by atoms with Crippen LogP contribution in [0.1, 0.15) is 46.5 Å². The Hall–Kier alpha value is -2.85. The van der Waals surface area contributed by atoms with Crippen molar-refractivity contribution >= 4 is 29.8 Å². The molecule has 1 rings (SSSR count). The van der Waals surface area contributed by atoms with Gasteiger partial charge in [0.25, 0.3) is 11.8 Å². The number of amides is 3. The van der Waals surface area contributed by atoms with E-state index in [4.69, 9.17) is 21.0 Å². The summed E-state index contributed by atoms with van der Waals surface area (Å²) in [6, 6.07) is -1.14. The van der Waals surface area contributed by atoms with Crippen LogP contribution in [0, 0.1) is 0 Å². The van der Waals surface area contributed by atoms with E-state index in [2.05, 4.69) is 10.3 Å². The molecular weight excluding hydrogens is 346 g/mol. The number of imide groups is 1. The van der Waals surface area contributed by atoms with Crippen LogP contribution in [0.2, 0.25) is 0 Å². The van der Waals surface area contributed by atoms with E-state index in [0.29, 0.717) is 11.5 Å². The van der Waals surface area contributed by atoms with Crippen molar-refractivity contribution in [2.75, 3.05) is 6.54 Å². The number of ether oxygens (including phenoxy) is 1. The van der Waals surface area contributed by atoms with E-state index in [1.165, 1.54) is 0 Å². The molecule has 146 valence electrons. The van der Waals surface area contributed by atoms with E-state index < -0.39 is 35.5 Å². The molecule has 0 radical (unpaired) electrons. The van der Waals surface area contributed by atoms with Gasteiger partial charge in [0.2, 0.25) is 0 Å². The van der Waals surface area contributed by atoms with Crippen LogP contribution in [0.4, 0.5) is 4.79 Å². The largest absolute Gasteiger partial charge is 0.444 e. The number of nitrogens with zero attached hydrogens (tertiary/aromatic N) is 2. The summed E-state index contributed by atoms with van der Waals surface area (Å²) in [5.41, 5.74) is 9.68. The second-order valence-corrected chi connectivity index (χ2v) is 6.64. The molecule has 0 saturated carbocycles. The number of carbonyl (C=O) groups is 4. The van der Waals surface area contributed by atoms with Crippen molar-refractivity contribution in [2.24, 2.45) is 16.5 Å². The van der Waals surface area contributed by atoms with Crippen molar-refractivity contribution in [3.63, 3.8) is 0 Å². The predicted octanol–water partition coefficient (Wildman–Crippen LogP) is -0.459. The summed E-state index contributed by atoms with van der Waals surface area (Å²) in [6.45, 7) is 5.23. The Balaban J connectivity index is 2.72. The Bertz CT molecular complexity index is 578. The van der Waals surface area contributed by atoms with E-state index in [0.717, 1.165) is 0 Å². The summed E-state index contributed by atoms with van der Waals surface area (Å²) in [6.07, 6.45) is -0.428. The van der Waals surface area contributed by atoms with E-state index >= 15 is 0 Å². The molecule has 0 aromatic rings. The molecule has 1 saturated heterocycles. The monoisotopic (exact) mass is 371 g/mol. The summed E-state index contributed by atoms with van der Waals surface area (Å²) in [5, 5.41) is 2.79. The first-order chi connectivity index (χ1) is 12.0. The summed E-state index contributed by atoms with van der Waals surface area (Å²) in [4.78, 5) is 56.0. The molecule has 1 aliphatic rings. The molecule has 1 unspecified atom stereocenters. The van der Waals surface area contributed by atoms with Crippen LogP contribution in [-0.2, 0) is 24.0 Å². The molecule has 1 heterocycles. The molecule has 1 atom stereocenters. The van der Waals surface area contributed by atoms with Crippen molar-refractivity contribution in [2.45, 2.75) is 58.1 Å². The highest BCUT2D eigenvalue weighted by molar-refractivity contribution is 6.01. The van der Waals surface area contributed by atoms with Gasteiger partial charge in [-0.2, -0.15) is 0 Å². The van der Waals surface area contributed by atoms with Gasteiger partial charge in [0.1, 0.15) is 11.6 Å². The van der Waals surface area contributed by atoms with Gasteiger partial charge >= 0.3 is 12.1 Å². The molecule has 3 amide bonds. The molecular formula is C15H25N5O6. The number of nitrogens with one attached hydrogen (secondary N) is 1. The average Bonchev–Trinajstić information content (AvgIpc) is 2.80. The third kappa shape index (κ3) is 7.36. The normalized spacial score (nSPS) is 15.4. The Morgan fingerprint density at radius 2 is 1.81 bits per heavy atom. The van der Waals surface area contributed by atoms with Crippen LogP contribution in [0.3, 0.4) is 0 Å². The number of guanidine groups is 1. The van der Waals surface area contributed by atoms with Gasteiger partial charge in [-0.15, -0.1) is 5.06 Å². The highest BCUT2D eigenvalue weighted by Crippen LogP contribution is 2.14. The Labute approximate surface area is 151 Å². The van der Waals surface area contributed by atoms with Crippen molar-refractivity contribution in [3.8, 4) is 0 Å². The quantitative estimate of drug-likeness (QED) is 0.234. The fraction of sp³-hybridized carbons (Fsp3) is 0.667. The molecule has 0 spiro atoms. The van der Waals surface area contributed by atoms with Gasteiger partial charge in [-0.1, -0.05) is 0 Å². The smallest absolute Gasteiger partial charge is 0.408 e. The maximum absolute atomic E-state index is 12.3. The van der Waals surface area contributed by atoms with Crippen LogP contribution in [0.5, 0.6) is 0 Å². The number of aliphatic imine (C=N–C) groups is 1. The summed E-state index contributed by atoms with van der Waals surface area (Å²) < 4.78 is 5.10. The van der Waals surface area contributed by atoms with Crippen molar-refractivity contribution in [1.82, 2.24) is 10.4 Å². The molecule has 0 bridgehead atoms. The molecule has 26 heavy (non-hydrogen) atoms. The van der Waals surface area contributed by atoms with E-state index in [1.54, 1.807) is 20.8 Å². The van der Waals surface area contributed by atoms with Crippen LogP contribution >= 0.6 is 0 Å². The number of alkyl carbamates (subject to hydrolysis) is 1. The van der Waals surface area contributed by atoms with Gasteiger partial charge < -0.3 is 26.4 Å². The Kier molecular flexibility index (Phi) is 7.35. The van der Waals surface area contributed by atoms with Crippen LogP contribution < -0.4 is 16.8 Å². The highest BCUT2D eigenvalue weighted by Gasteiger charge is 2.35. The summed E-state index contributed by atoms with van der Waals surface area (Å²) in [5.74, 6) is -2.28. The third-order valence-electron chi connectivity index (χ3n) is 3.11. The molecule has 5 N–H and O–H groups in total. The van der Waals surface area contributed by atoms with Gasteiger partial charge in [-0.3, -0.25) is 14.6 Å². The van der Waals surface area contributed by atoms with E-state index in [9.17, 15) is 19.2 Å². The number of rotatable bonds is 7. The Morgan fingerprint density at radius 3 is 2.31 bits per heavy atom. The SMILES string of the molecule is CC(C)(C)OC(=O)NC(CCCN=C(N)N)C(=O)ON1C(=O)CCC1=O. The number of carbonyl (C=O) groups excluding carboxylic acids is 4. The predicted molar refractivity (Wildman–Crippen MR) is 90.2 cm³/mol. The zero-order valence-corrected chi connectivity index (χ0v) is 15.1. The zero-order valence-electron chi connectivity index (χ0n) is 15.1. The van der Waals surface area contributed by atoms with Crippen molar-refractivity contribution in [3.05, 3.63) is 0 Å². The van der Waals surface area contributed by atoms with Crippen LogP contribution in [-0.4, -0.2) is 53.1 Å². The molecule has 0 aromatic heterocycles. The molecule has 0 aliphatic carbocycles. The maximum Gasteiger partial charge on any atom is 0.408 e. The summed E-state index contributed by atoms with van der Waals surface area (Å²) >= 11 is 0. The average molecular weight is 371 g/mol. The fourth-order valence-corrected chi connectivity index (χ4v) is 2.01. The zero-order chi connectivity index (χ0) is 19.9. The first-order valence-corrected chi connectivity index (χ1v) is 8.12. The minimum absolute atomic E-state index is 0.0270. The summed E-state index contributed by atoms with van der Waals surface area (Å²) in [7, 11) is 0. The van der Waals surface area contributed by atoms with Gasteiger partial charge in [-0.05, 0) is 33.6 Å². The lowest BCUT2D eigenvalue weighted by molar-refractivity contribution is -0.199. The lowest BCUT2D eigenvalue weighted by Gasteiger charge is -2.23. The van der Waals surface area contributed by atoms with Gasteiger partial charge in [0, 0.05) is 19.4 Å². The number of nitrogens with two attached hydrogens (primary N) is 2. The first kappa shape index (κ1) is 21.2. The molecule has 11 heteroatoms. The molecule has 1 fully saturated rings. The topological polar surface area (TPSA) is 166 Å². The second-order valence-electron chi connectivity index (χ2n) is 6.64. The molecule has 0 aromatic carbocycles. The fourth-order valence-electron chi connectivity index (χ4n) is 2.01. The highest BCUT2D eigenvalue weighted by atomic mass is 16.7.